The molecule has 0 amide bonds. The fourth-order valence-electron chi connectivity index (χ4n) is 1.85. The average Bonchev–Trinajstić information content (AvgIpc) is 1.79. The Bertz CT molecular complexity index is 241. The van der Waals surface area contributed by atoms with E-state index in [-0.39, 0.29) is 11.2 Å². The second-order valence-corrected chi connectivity index (χ2v) is 5.30. The Kier molecular flexibility index (Phi) is 2.07. The van der Waals surface area contributed by atoms with Crippen LogP contribution in [0.3, 0.4) is 0 Å². The molecule has 0 radical (unpaired) electrons. The molecule has 1 atom stereocenters. The lowest BCUT2D eigenvalue weighted by molar-refractivity contribution is -0.142. The van der Waals surface area contributed by atoms with Gasteiger partial charge in [-0.15, -0.1) is 11.6 Å². The van der Waals surface area contributed by atoms with Crippen LogP contribution in [0.1, 0.15) is 33.6 Å². The van der Waals surface area contributed by atoms with E-state index in [1.165, 1.54) is 0 Å². The van der Waals surface area contributed by atoms with E-state index in [1.54, 1.807) is 6.92 Å². The van der Waals surface area contributed by atoms with Crippen LogP contribution in [0.15, 0.2) is 0 Å². The minimum absolute atomic E-state index is 0.137. The number of hydrogen-bond acceptors (Lipinski definition) is 2. The summed E-state index contributed by atoms with van der Waals surface area (Å²) in [5, 5.41) is 0. The Morgan fingerprint density at radius 3 is 2.17 bits per heavy atom. The second kappa shape index (κ2) is 2.56. The summed E-state index contributed by atoms with van der Waals surface area (Å²) in [6, 6.07) is 0. The summed E-state index contributed by atoms with van der Waals surface area (Å²) < 4.78 is 0. The van der Waals surface area contributed by atoms with E-state index < -0.39 is 10.7 Å². The highest BCUT2D eigenvalue weighted by molar-refractivity contribution is 6.52. The Morgan fingerprint density at radius 1 is 1.25 bits per heavy atom. The molecular formula is C9H13ClO2. The van der Waals surface area contributed by atoms with Crippen LogP contribution in [-0.4, -0.2) is 16.4 Å². The molecule has 0 aliphatic heterocycles. The molecule has 1 unspecified atom stereocenters. The molecule has 0 heterocycles. The van der Waals surface area contributed by atoms with Crippen molar-refractivity contribution in [3.05, 3.63) is 0 Å². The molecule has 1 fully saturated rings. The Balaban J connectivity index is 2.95. The zero-order chi connectivity index (χ0) is 9.57. The van der Waals surface area contributed by atoms with Crippen molar-refractivity contribution in [1.82, 2.24) is 0 Å². The molecule has 0 aromatic heterocycles. The van der Waals surface area contributed by atoms with Crippen LogP contribution in [-0.2, 0) is 9.59 Å². The number of rotatable bonds is 0. The van der Waals surface area contributed by atoms with Crippen LogP contribution in [0.5, 0.6) is 0 Å². The van der Waals surface area contributed by atoms with Crippen molar-refractivity contribution in [3.63, 3.8) is 0 Å². The SMILES string of the molecule is CC1(C)CC(=O)C(=O)C(C)(Cl)C1. The maximum Gasteiger partial charge on any atom is 0.218 e. The third-order valence-electron chi connectivity index (χ3n) is 2.18. The molecule has 0 aromatic rings. The minimum atomic E-state index is -0.973. The van der Waals surface area contributed by atoms with Gasteiger partial charge < -0.3 is 0 Å². The predicted octanol–water partition coefficient (Wildman–Crippen LogP) is 1.94. The second-order valence-electron chi connectivity index (χ2n) is 4.47. The van der Waals surface area contributed by atoms with Gasteiger partial charge in [-0.25, -0.2) is 0 Å². The number of ketones is 2. The molecule has 0 aromatic carbocycles. The monoisotopic (exact) mass is 188 g/mol. The Hall–Kier alpha value is -0.370. The number of hydrogen-bond donors (Lipinski definition) is 0. The zero-order valence-electron chi connectivity index (χ0n) is 7.61. The van der Waals surface area contributed by atoms with E-state index in [1.807, 2.05) is 13.8 Å². The van der Waals surface area contributed by atoms with Gasteiger partial charge in [-0.2, -0.15) is 0 Å². The topological polar surface area (TPSA) is 34.1 Å². The van der Waals surface area contributed by atoms with Gasteiger partial charge in [0.15, 0.2) is 0 Å². The van der Waals surface area contributed by atoms with Gasteiger partial charge in [0.1, 0.15) is 4.87 Å². The molecule has 0 spiro atoms. The number of alkyl halides is 1. The fraction of sp³-hybridized carbons (Fsp3) is 0.778. The molecule has 0 bridgehead atoms. The van der Waals surface area contributed by atoms with Crippen molar-refractivity contribution in [2.24, 2.45) is 5.41 Å². The smallest absolute Gasteiger partial charge is 0.218 e. The Labute approximate surface area is 77.3 Å². The first-order valence-electron chi connectivity index (χ1n) is 4.01. The van der Waals surface area contributed by atoms with Crippen LogP contribution in [0.2, 0.25) is 0 Å². The molecule has 12 heavy (non-hydrogen) atoms. The van der Waals surface area contributed by atoms with Crippen molar-refractivity contribution in [2.75, 3.05) is 0 Å². The summed E-state index contributed by atoms with van der Waals surface area (Å²) in [6.45, 7) is 5.53. The van der Waals surface area contributed by atoms with Crippen molar-refractivity contribution in [3.8, 4) is 0 Å². The molecule has 0 N–H and O–H groups in total. The summed E-state index contributed by atoms with van der Waals surface area (Å²) in [7, 11) is 0. The van der Waals surface area contributed by atoms with E-state index in [4.69, 9.17) is 11.6 Å². The molecular weight excluding hydrogens is 176 g/mol. The molecule has 68 valence electrons. The van der Waals surface area contributed by atoms with Crippen LogP contribution >= 0.6 is 11.6 Å². The van der Waals surface area contributed by atoms with E-state index in [2.05, 4.69) is 0 Å². The maximum atomic E-state index is 11.3. The number of halogens is 1. The minimum Gasteiger partial charge on any atom is -0.291 e. The third-order valence-corrected chi connectivity index (χ3v) is 2.48. The van der Waals surface area contributed by atoms with Crippen molar-refractivity contribution in [2.45, 2.75) is 38.5 Å². The Morgan fingerprint density at radius 2 is 1.75 bits per heavy atom. The lowest BCUT2D eigenvalue weighted by atomic mass is 9.71. The van der Waals surface area contributed by atoms with Crippen LogP contribution in [0, 0.1) is 5.41 Å². The zero-order valence-corrected chi connectivity index (χ0v) is 8.36. The molecule has 1 rings (SSSR count). The molecule has 1 aliphatic rings. The predicted molar refractivity (Wildman–Crippen MR) is 47.3 cm³/mol. The molecule has 0 saturated heterocycles. The third kappa shape index (κ3) is 1.69. The summed E-state index contributed by atoms with van der Waals surface area (Å²) in [5.74, 6) is -0.757. The number of carbonyl (C=O) groups is 2. The quantitative estimate of drug-likeness (QED) is 0.430. The van der Waals surface area contributed by atoms with Gasteiger partial charge >= 0.3 is 0 Å². The van der Waals surface area contributed by atoms with E-state index in [9.17, 15) is 9.59 Å². The standard InChI is InChI=1S/C9H13ClO2/c1-8(2)4-6(11)7(12)9(3,10)5-8/h4-5H2,1-3H3. The van der Waals surface area contributed by atoms with Gasteiger partial charge in [0, 0.05) is 6.42 Å². The van der Waals surface area contributed by atoms with Gasteiger partial charge in [0.05, 0.1) is 0 Å². The van der Waals surface area contributed by atoms with Crippen LogP contribution in [0.4, 0.5) is 0 Å². The maximum absolute atomic E-state index is 11.3. The molecule has 3 heteroatoms. The summed E-state index contributed by atoms with van der Waals surface area (Å²) in [4.78, 5) is 21.5. The lowest BCUT2D eigenvalue weighted by Gasteiger charge is -2.36. The van der Waals surface area contributed by atoms with Crippen molar-refractivity contribution in [1.29, 1.82) is 0 Å². The summed E-state index contributed by atoms with van der Waals surface area (Å²) in [5.41, 5.74) is -0.137. The van der Waals surface area contributed by atoms with Crippen LogP contribution in [0.25, 0.3) is 0 Å². The van der Waals surface area contributed by atoms with Gasteiger partial charge in [0.25, 0.3) is 0 Å². The number of carbonyl (C=O) groups excluding carboxylic acids is 2. The van der Waals surface area contributed by atoms with E-state index in [0.29, 0.717) is 12.8 Å². The first-order valence-corrected chi connectivity index (χ1v) is 4.39. The fourth-order valence-corrected chi connectivity index (χ4v) is 2.31. The van der Waals surface area contributed by atoms with E-state index >= 15 is 0 Å². The largest absolute Gasteiger partial charge is 0.291 e. The highest BCUT2D eigenvalue weighted by atomic mass is 35.5. The summed E-state index contributed by atoms with van der Waals surface area (Å²) >= 11 is 5.93. The van der Waals surface area contributed by atoms with Crippen LogP contribution < -0.4 is 0 Å². The average molecular weight is 189 g/mol. The number of Topliss-reactive ketones (excluding diaryl/α,β-unsaturated/α-hetero) is 2. The van der Waals surface area contributed by atoms with Gasteiger partial charge in [-0.05, 0) is 18.8 Å². The molecule has 1 saturated carbocycles. The first kappa shape index (κ1) is 9.72. The van der Waals surface area contributed by atoms with Crippen molar-refractivity contribution >= 4 is 23.2 Å². The molecule has 2 nitrogen and oxygen atoms in total. The molecule has 1 aliphatic carbocycles. The van der Waals surface area contributed by atoms with Gasteiger partial charge in [0.2, 0.25) is 11.6 Å². The summed E-state index contributed by atoms with van der Waals surface area (Å²) in [6.07, 6.45) is 0.903. The lowest BCUT2D eigenvalue weighted by Crippen LogP contribution is -2.46. The van der Waals surface area contributed by atoms with Gasteiger partial charge in [-0.1, -0.05) is 13.8 Å². The van der Waals surface area contributed by atoms with Crippen molar-refractivity contribution < 1.29 is 9.59 Å². The normalized spacial score (nSPS) is 35.3. The highest BCUT2D eigenvalue weighted by Crippen LogP contribution is 2.40. The highest BCUT2D eigenvalue weighted by Gasteiger charge is 2.46. The van der Waals surface area contributed by atoms with Gasteiger partial charge in [-0.3, -0.25) is 9.59 Å². The van der Waals surface area contributed by atoms with E-state index in [0.717, 1.165) is 0 Å². The first-order chi connectivity index (χ1) is 5.25.